The molecule has 2 rings (SSSR count). The monoisotopic (exact) mass is 140 g/mol. The molecule has 3 atom stereocenters. The standard InChI is InChI=1S/C8H16N2/c1-10-4-6-2-7(5-10)8(9)3-6/h6-8H,2-5,9H2,1H3/t6?,7-,8+/m1/s1. The molecule has 2 heteroatoms. The topological polar surface area (TPSA) is 29.3 Å². The smallest absolute Gasteiger partial charge is 0.00825 e. The summed E-state index contributed by atoms with van der Waals surface area (Å²) in [6.45, 7) is 2.52. The zero-order valence-corrected chi connectivity index (χ0v) is 6.59. The van der Waals surface area contributed by atoms with E-state index in [1.165, 1.54) is 25.9 Å². The molecule has 2 bridgehead atoms. The summed E-state index contributed by atoms with van der Waals surface area (Å²) in [5.41, 5.74) is 5.96. The van der Waals surface area contributed by atoms with Crippen LogP contribution in [0.25, 0.3) is 0 Å². The highest BCUT2D eigenvalue weighted by Gasteiger charge is 2.36. The second-order valence-electron chi connectivity index (χ2n) is 3.98. The number of hydrogen-bond acceptors (Lipinski definition) is 2. The summed E-state index contributed by atoms with van der Waals surface area (Å²) in [6.07, 6.45) is 2.67. The zero-order valence-electron chi connectivity index (χ0n) is 6.59. The summed E-state index contributed by atoms with van der Waals surface area (Å²) in [5.74, 6) is 1.72. The van der Waals surface area contributed by atoms with Crippen LogP contribution in [0.15, 0.2) is 0 Å². The molecule has 0 spiro atoms. The largest absolute Gasteiger partial charge is 0.327 e. The zero-order chi connectivity index (χ0) is 7.14. The van der Waals surface area contributed by atoms with E-state index in [4.69, 9.17) is 5.73 Å². The van der Waals surface area contributed by atoms with Gasteiger partial charge in [0.25, 0.3) is 0 Å². The van der Waals surface area contributed by atoms with Crippen molar-refractivity contribution in [3.05, 3.63) is 0 Å². The van der Waals surface area contributed by atoms with Gasteiger partial charge >= 0.3 is 0 Å². The average Bonchev–Trinajstić information content (AvgIpc) is 2.07. The molecule has 1 heterocycles. The van der Waals surface area contributed by atoms with Gasteiger partial charge in [0.1, 0.15) is 0 Å². The van der Waals surface area contributed by atoms with Gasteiger partial charge in [-0.15, -0.1) is 0 Å². The van der Waals surface area contributed by atoms with Crippen LogP contribution in [0.3, 0.4) is 0 Å². The minimum absolute atomic E-state index is 0.509. The normalized spacial score (nSPS) is 48.0. The van der Waals surface area contributed by atoms with Gasteiger partial charge in [-0.2, -0.15) is 0 Å². The number of fused-ring (bicyclic) bond motifs is 2. The molecule has 58 valence electrons. The summed E-state index contributed by atoms with van der Waals surface area (Å²) in [7, 11) is 2.21. The van der Waals surface area contributed by atoms with E-state index in [0.717, 1.165) is 11.8 Å². The minimum Gasteiger partial charge on any atom is -0.327 e. The molecule has 2 aliphatic rings. The Hall–Kier alpha value is -0.0800. The van der Waals surface area contributed by atoms with E-state index in [-0.39, 0.29) is 0 Å². The van der Waals surface area contributed by atoms with Crippen LogP contribution < -0.4 is 5.73 Å². The Morgan fingerprint density at radius 3 is 2.80 bits per heavy atom. The lowest BCUT2D eigenvalue weighted by Crippen LogP contribution is -2.36. The quantitative estimate of drug-likeness (QED) is 0.524. The Bertz CT molecular complexity index is 130. The molecule has 2 fully saturated rings. The van der Waals surface area contributed by atoms with E-state index in [1.807, 2.05) is 0 Å². The third-order valence-corrected chi connectivity index (χ3v) is 2.96. The maximum absolute atomic E-state index is 5.96. The lowest BCUT2D eigenvalue weighted by Gasteiger charge is -2.28. The van der Waals surface area contributed by atoms with Gasteiger partial charge in [-0.3, -0.25) is 0 Å². The summed E-state index contributed by atoms with van der Waals surface area (Å²) in [5, 5.41) is 0. The molecule has 1 aliphatic heterocycles. The third-order valence-electron chi connectivity index (χ3n) is 2.96. The predicted molar refractivity (Wildman–Crippen MR) is 41.7 cm³/mol. The number of nitrogens with zero attached hydrogens (tertiary/aromatic N) is 1. The van der Waals surface area contributed by atoms with Crippen molar-refractivity contribution in [2.45, 2.75) is 18.9 Å². The molecule has 1 saturated carbocycles. The van der Waals surface area contributed by atoms with Crippen molar-refractivity contribution < 1.29 is 0 Å². The SMILES string of the molecule is CN1CC2C[C@H](C1)[C@@H](N)C2. The lowest BCUT2D eigenvalue weighted by molar-refractivity contribution is 0.200. The maximum Gasteiger partial charge on any atom is 0.00825 e. The van der Waals surface area contributed by atoms with Gasteiger partial charge in [-0.25, -0.2) is 0 Å². The van der Waals surface area contributed by atoms with Gasteiger partial charge in [0.05, 0.1) is 0 Å². The van der Waals surface area contributed by atoms with E-state index >= 15 is 0 Å². The molecular weight excluding hydrogens is 124 g/mol. The Morgan fingerprint density at radius 1 is 1.30 bits per heavy atom. The fourth-order valence-electron chi connectivity index (χ4n) is 2.55. The minimum atomic E-state index is 0.509. The van der Waals surface area contributed by atoms with Gasteiger partial charge in [0, 0.05) is 19.1 Å². The van der Waals surface area contributed by atoms with Crippen LogP contribution in [0.4, 0.5) is 0 Å². The maximum atomic E-state index is 5.96. The number of hydrogen-bond donors (Lipinski definition) is 1. The van der Waals surface area contributed by atoms with E-state index < -0.39 is 0 Å². The molecule has 2 nitrogen and oxygen atoms in total. The molecule has 0 aromatic heterocycles. The molecule has 1 aliphatic carbocycles. The first-order chi connectivity index (χ1) is 4.75. The highest BCUT2D eigenvalue weighted by Crippen LogP contribution is 2.34. The number of rotatable bonds is 0. The summed E-state index contributed by atoms with van der Waals surface area (Å²) < 4.78 is 0. The summed E-state index contributed by atoms with van der Waals surface area (Å²) >= 11 is 0. The van der Waals surface area contributed by atoms with Crippen LogP contribution in [0.5, 0.6) is 0 Å². The molecule has 1 unspecified atom stereocenters. The van der Waals surface area contributed by atoms with Crippen LogP contribution in [0.2, 0.25) is 0 Å². The van der Waals surface area contributed by atoms with Gasteiger partial charge in [0.15, 0.2) is 0 Å². The van der Waals surface area contributed by atoms with Crippen molar-refractivity contribution in [2.75, 3.05) is 20.1 Å². The van der Waals surface area contributed by atoms with E-state index in [1.54, 1.807) is 0 Å². The van der Waals surface area contributed by atoms with Crippen molar-refractivity contribution in [2.24, 2.45) is 17.6 Å². The van der Waals surface area contributed by atoms with Crippen LogP contribution >= 0.6 is 0 Å². The van der Waals surface area contributed by atoms with E-state index in [0.29, 0.717) is 6.04 Å². The Balaban J connectivity index is 2.06. The second kappa shape index (κ2) is 2.21. The van der Waals surface area contributed by atoms with Crippen molar-refractivity contribution in [3.8, 4) is 0 Å². The van der Waals surface area contributed by atoms with Crippen LogP contribution in [0, 0.1) is 11.8 Å². The van der Waals surface area contributed by atoms with Crippen molar-refractivity contribution in [1.29, 1.82) is 0 Å². The van der Waals surface area contributed by atoms with Crippen molar-refractivity contribution >= 4 is 0 Å². The number of piperidine rings is 1. The second-order valence-corrected chi connectivity index (χ2v) is 3.98. The molecule has 10 heavy (non-hydrogen) atoms. The first-order valence-electron chi connectivity index (χ1n) is 4.20. The van der Waals surface area contributed by atoms with Crippen LogP contribution in [-0.4, -0.2) is 31.1 Å². The summed E-state index contributed by atoms with van der Waals surface area (Å²) in [4.78, 5) is 2.42. The molecule has 2 N–H and O–H groups in total. The van der Waals surface area contributed by atoms with Gasteiger partial charge in [0.2, 0.25) is 0 Å². The first kappa shape index (κ1) is 6.62. The number of likely N-dealkylation sites (tertiary alicyclic amines) is 1. The highest BCUT2D eigenvalue weighted by molar-refractivity contribution is 4.92. The van der Waals surface area contributed by atoms with Crippen LogP contribution in [-0.2, 0) is 0 Å². The fourth-order valence-corrected chi connectivity index (χ4v) is 2.55. The molecular formula is C8H16N2. The summed E-state index contributed by atoms with van der Waals surface area (Å²) in [6, 6.07) is 0.509. The van der Waals surface area contributed by atoms with Crippen molar-refractivity contribution in [3.63, 3.8) is 0 Å². The Kier molecular flexibility index (Phi) is 1.46. The molecule has 0 amide bonds. The Morgan fingerprint density at radius 2 is 2.10 bits per heavy atom. The van der Waals surface area contributed by atoms with Crippen LogP contribution in [0.1, 0.15) is 12.8 Å². The van der Waals surface area contributed by atoms with Gasteiger partial charge < -0.3 is 10.6 Å². The molecule has 0 aromatic rings. The highest BCUT2D eigenvalue weighted by atomic mass is 15.1. The lowest BCUT2D eigenvalue weighted by atomic mass is 9.99. The molecule has 0 radical (unpaired) electrons. The number of nitrogens with two attached hydrogens (primary N) is 1. The fraction of sp³-hybridized carbons (Fsp3) is 1.00. The predicted octanol–water partition coefficient (Wildman–Crippen LogP) is 0.285. The molecule has 1 saturated heterocycles. The van der Waals surface area contributed by atoms with Gasteiger partial charge in [-0.05, 0) is 31.7 Å². The first-order valence-corrected chi connectivity index (χ1v) is 4.20. The average molecular weight is 140 g/mol. The molecule has 0 aromatic carbocycles. The van der Waals surface area contributed by atoms with E-state index in [2.05, 4.69) is 11.9 Å². The Labute approximate surface area is 62.4 Å². The van der Waals surface area contributed by atoms with Crippen molar-refractivity contribution in [1.82, 2.24) is 4.90 Å². The van der Waals surface area contributed by atoms with Gasteiger partial charge in [-0.1, -0.05) is 0 Å². The van der Waals surface area contributed by atoms with E-state index in [9.17, 15) is 0 Å². The third kappa shape index (κ3) is 0.956.